The van der Waals surface area contributed by atoms with E-state index in [1.165, 1.54) is 32.1 Å². The van der Waals surface area contributed by atoms with Crippen LogP contribution in [0.4, 0.5) is 0 Å². The van der Waals surface area contributed by atoms with Crippen LogP contribution in [0.3, 0.4) is 0 Å². The van der Waals surface area contributed by atoms with Crippen LogP contribution in [0.15, 0.2) is 0 Å². The summed E-state index contributed by atoms with van der Waals surface area (Å²) in [4.78, 5) is 11.8. The Hall–Kier alpha value is -0.220. The molecule has 0 atom stereocenters. The van der Waals surface area contributed by atoms with Crippen LogP contribution in [0.25, 0.3) is 0 Å². The molecule has 1 amide bonds. The third-order valence-corrected chi connectivity index (χ3v) is 5.22. The quantitative estimate of drug-likeness (QED) is 0.781. The largest absolute Gasteiger partial charge is 0.355 e. The minimum Gasteiger partial charge on any atom is -0.355 e. The zero-order valence-corrected chi connectivity index (χ0v) is 12.9. The zero-order valence-electron chi connectivity index (χ0n) is 12.1. The van der Waals surface area contributed by atoms with Crippen molar-refractivity contribution in [2.45, 2.75) is 69.1 Å². The molecule has 0 radical (unpaired) electrons. The predicted octanol–water partition coefficient (Wildman–Crippen LogP) is 2.69. The molecule has 0 saturated heterocycles. The number of hydrogen-bond acceptors (Lipinski definition) is 3. The van der Waals surface area contributed by atoms with Crippen LogP contribution in [-0.4, -0.2) is 29.0 Å². The van der Waals surface area contributed by atoms with Gasteiger partial charge in [-0.3, -0.25) is 4.79 Å². The molecule has 1 saturated carbocycles. The molecule has 0 bridgehead atoms. The number of nitrogens with two attached hydrogens (primary N) is 1. The molecule has 0 unspecified atom stereocenters. The van der Waals surface area contributed by atoms with Gasteiger partial charge in [0, 0.05) is 23.3 Å². The van der Waals surface area contributed by atoms with E-state index >= 15 is 0 Å². The maximum Gasteiger partial charge on any atom is 0.220 e. The average molecular weight is 272 g/mol. The van der Waals surface area contributed by atoms with Gasteiger partial charge in [0.15, 0.2) is 0 Å². The van der Waals surface area contributed by atoms with Crippen LogP contribution in [0.1, 0.15) is 58.8 Å². The van der Waals surface area contributed by atoms with Crippen molar-refractivity contribution in [2.75, 3.05) is 12.8 Å². The van der Waals surface area contributed by atoms with E-state index in [9.17, 15) is 4.79 Å². The molecule has 1 aliphatic carbocycles. The molecule has 4 heteroatoms. The first-order valence-electron chi connectivity index (χ1n) is 6.98. The van der Waals surface area contributed by atoms with Crippen molar-refractivity contribution in [2.24, 2.45) is 5.73 Å². The van der Waals surface area contributed by atoms with Crippen molar-refractivity contribution in [1.82, 2.24) is 5.32 Å². The van der Waals surface area contributed by atoms with Gasteiger partial charge in [-0.05, 0) is 39.4 Å². The van der Waals surface area contributed by atoms with Crippen LogP contribution in [-0.2, 0) is 4.79 Å². The van der Waals surface area contributed by atoms with Gasteiger partial charge in [0.1, 0.15) is 0 Å². The van der Waals surface area contributed by atoms with E-state index in [4.69, 9.17) is 5.73 Å². The summed E-state index contributed by atoms with van der Waals surface area (Å²) >= 11 is 1.92. The van der Waals surface area contributed by atoms with Gasteiger partial charge >= 0.3 is 0 Å². The van der Waals surface area contributed by atoms with Gasteiger partial charge in [-0.2, -0.15) is 11.8 Å². The highest BCUT2D eigenvalue weighted by atomic mass is 32.2. The molecule has 106 valence electrons. The molecule has 1 fully saturated rings. The fraction of sp³-hybridized carbons (Fsp3) is 0.929. The highest BCUT2D eigenvalue weighted by molar-refractivity contribution is 8.00. The Labute approximate surface area is 116 Å². The zero-order chi connectivity index (χ0) is 13.6. The van der Waals surface area contributed by atoms with E-state index in [0.717, 1.165) is 13.0 Å². The highest BCUT2D eigenvalue weighted by Crippen LogP contribution is 2.37. The van der Waals surface area contributed by atoms with Crippen molar-refractivity contribution >= 4 is 17.7 Å². The maximum absolute atomic E-state index is 11.8. The van der Waals surface area contributed by atoms with E-state index in [1.807, 2.05) is 25.6 Å². The Morgan fingerprint density at radius 3 is 2.44 bits per heavy atom. The van der Waals surface area contributed by atoms with Crippen LogP contribution < -0.4 is 11.1 Å². The summed E-state index contributed by atoms with van der Waals surface area (Å²) in [5.74, 6) is 0.146. The van der Waals surface area contributed by atoms with E-state index in [-0.39, 0.29) is 16.2 Å². The van der Waals surface area contributed by atoms with Gasteiger partial charge in [0.2, 0.25) is 5.91 Å². The standard InChI is InChI=1S/C14H28N2OS/c1-13(2,15)10-7-12(17)16-11-14(18-3)8-5-4-6-9-14/h4-11,15H2,1-3H3,(H,16,17). The minimum absolute atomic E-state index is 0.146. The molecule has 1 aliphatic rings. The number of carbonyl (C=O) groups is 1. The molecular weight excluding hydrogens is 244 g/mol. The number of carbonyl (C=O) groups excluding carboxylic acids is 1. The second-order valence-electron chi connectivity index (χ2n) is 6.21. The average Bonchev–Trinajstić information content (AvgIpc) is 2.34. The van der Waals surface area contributed by atoms with Crippen molar-refractivity contribution < 1.29 is 4.79 Å². The monoisotopic (exact) mass is 272 g/mol. The molecule has 3 nitrogen and oxygen atoms in total. The first-order valence-corrected chi connectivity index (χ1v) is 8.20. The molecule has 0 spiro atoms. The molecule has 0 aromatic rings. The van der Waals surface area contributed by atoms with Crippen LogP contribution >= 0.6 is 11.8 Å². The Bertz CT molecular complexity index is 267. The van der Waals surface area contributed by atoms with Gasteiger partial charge in [0.05, 0.1) is 0 Å². The van der Waals surface area contributed by atoms with Gasteiger partial charge in [-0.25, -0.2) is 0 Å². The summed E-state index contributed by atoms with van der Waals surface area (Å²) in [5.41, 5.74) is 5.64. The fourth-order valence-corrected chi connectivity index (χ4v) is 3.35. The normalized spacial score (nSPS) is 19.6. The number of thioether (sulfide) groups is 1. The van der Waals surface area contributed by atoms with Gasteiger partial charge in [0.25, 0.3) is 0 Å². The second kappa shape index (κ2) is 6.80. The Morgan fingerprint density at radius 2 is 1.94 bits per heavy atom. The Kier molecular flexibility index (Phi) is 5.99. The molecule has 0 aliphatic heterocycles. The third-order valence-electron chi connectivity index (χ3n) is 3.80. The van der Waals surface area contributed by atoms with Crippen molar-refractivity contribution in [3.8, 4) is 0 Å². The Balaban J connectivity index is 2.32. The summed E-state index contributed by atoms with van der Waals surface area (Å²) in [7, 11) is 0. The lowest BCUT2D eigenvalue weighted by molar-refractivity contribution is -0.121. The SMILES string of the molecule is CSC1(CNC(=O)CCC(C)(C)N)CCCCC1. The summed E-state index contributed by atoms with van der Waals surface area (Å²) in [6, 6.07) is 0. The molecule has 0 aromatic heterocycles. The van der Waals surface area contributed by atoms with Crippen LogP contribution in [0.2, 0.25) is 0 Å². The molecule has 0 heterocycles. The number of nitrogens with one attached hydrogen (secondary N) is 1. The van der Waals surface area contributed by atoms with Crippen molar-refractivity contribution in [1.29, 1.82) is 0 Å². The summed E-state index contributed by atoms with van der Waals surface area (Å²) in [6.45, 7) is 4.74. The summed E-state index contributed by atoms with van der Waals surface area (Å²) in [6.07, 6.45) is 9.85. The highest BCUT2D eigenvalue weighted by Gasteiger charge is 2.31. The van der Waals surface area contributed by atoms with E-state index in [1.54, 1.807) is 0 Å². The maximum atomic E-state index is 11.8. The van der Waals surface area contributed by atoms with Gasteiger partial charge in [-0.1, -0.05) is 19.3 Å². The lowest BCUT2D eigenvalue weighted by atomic mass is 9.88. The van der Waals surface area contributed by atoms with E-state index in [2.05, 4.69) is 11.6 Å². The first kappa shape index (κ1) is 15.8. The van der Waals surface area contributed by atoms with Gasteiger partial charge < -0.3 is 11.1 Å². The smallest absolute Gasteiger partial charge is 0.220 e. The van der Waals surface area contributed by atoms with Crippen molar-refractivity contribution in [3.05, 3.63) is 0 Å². The molecule has 0 aromatic carbocycles. The fourth-order valence-electron chi connectivity index (χ4n) is 2.43. The third kappa shape index (κ3) is 5.61. The number of amides is 1. The minimum atomic E-state index is -0.251. The summed E-state index contributed by atoms with van der Waals surface area (Å²) in [5, 5.41) is 3.10. The van der Waals surface area contributed by atoms with E-state index in [0.29, 0.717) is 6.42 Å². The van der Waals surface area contributed by atoms with Gasteiger partial charge in [-0.15, -0.1) is 0 Å². The molecule has 18 heavy (non-hydrogen) atoms. The lowest BCUT2D eigenvalue weighted by Gasteiger charge is -2.36. The Morgan fingerprint density at radius 1 is 1.33 bits per heavy atom. The van der Waals surface area contributed by atoms with E-state index < -0.39 is 0 Å². The predicted molar refractivity (Wildman–Crippen MR) is 79.8 cm³/mol. The number of rotatable bonds is 6. The second-order valence-corrected chi connectivity index (χ2v) is 7.49. The van der Waals surface area contributed by atoms with Crippen LogP contribution in [0, 0.1) is 0 Å². The van der Waals surface area contributed by atoms with Crippen LogP contribution in [0.5, 0.6) is 0 Å². The number of hydrogen-bond donors (Lipinski definition) is 2. The first-order chi connectivity index (χ1) is 8.37. The topological polar surface area (TPSA) is 55.1 Å². The molecule has 3 N–H and O–H groups in total. The van der Waals surface area contributed by atoms with Crippen molar-refractivity contribution in [3.63, 3.8) is 0 Å². The lowest BCUT2D eigenvalue weighted by Crippen LogP contribution is -2.42. The molecule has 1 rings (SSSR count). The summed E-state index contributed by atoms with van der Waals surface area (Å²) < 4.78 is 0.284. The molecular formula is C14H28N2OS.